The molecule has 66 valence electrons. The normalized spacial score (nSPS) is 23.7. The van der Waals surface area contributed by atoms with Crippen LogP contribution in [0.4, 0.5) is 0 Å². The molecule has 2 atom stereocenters. The van der Waals surface area contributed by atoms with E-state index in [2.05, 4.69) is 25.8 Å². The molecule has 0 aliphatic heterocycles. The number of hydrogen-bond donors (Lipinski definition) is 1. The first-order valence-corrected chi connectivity index (χ1v) is 4.58. The Morgan fingerprint density at radius 3 is 2.36 bits per heavy atom. The van der Waals surface area contributed by atoms with Crippen LogP contribution in [-0.4, -0.2) is 30.6 Å². The highest BCUT2D eigenvalue weighted by atomic mass is 15.2. The summed E-state index contributed by atoms with van der Waals surface area (Å²) in [6, 6.07) is 1.51. The highest BCUT2D eigenvalue weighted by Crippen LogP contribution is 2.28. The molecule has 1 saturated carbocycles. The Bertz CT molecular complexity index is 121. The second kappa shape index (κ2) is 3.55. The highest BCUT2D eigenvalue weighted by molar-refractivity contribution is 4.86. The molecule has 0 radical (unpaired) electrons. The smallest absolute Gasteiger partial charge is 0.0104 e. The maximum Gasteiger partial charge on any atom is 0.0104 e. The van der Waals surface area contributed by atoms with Crippen molar-refractivity contribution in [3.05, 3.63) is 0 Å². The summed E-state index contributed by atoms with van der Waals surface area (Å²) in [5.41, 5.74) is 5.60. The molecule has 2 N–H and O–H groups in total. The first-order chi connectivity index (χ1) is 5.16. The van der Waals surface area contributed by atoms with Gasteiger partial charge in [-0.25, -0.2) is 0 Å². The van der Waals surface area contributed by atoms with Gasteiger partial charge in [0.1, 0.15) is 0 Å². The Balaban J connectivity index is 2.31. The van der Waals surface area contributed by atoms with Crippen molar-refractivity contribution in [3.8, 4) is 0 Å². The average Bonchev–Trinajstić information content (AvgIpc) is 2.82. The zero-order chi connectivity index (χ0) is 8.43. The molecule has 0 spiro atoms. The van der Waals surface area contributed by atoms with Crippen molar-refractivity contribution in [1.29, 1.82) is 0 Å². The highest BCUT2D eigenvalue weighted by Gasteiger charge is 2.30. The van der Waals surface area contributed by atoms with E-state index < -0.39 is 0 Å². The zero-order valence-corrected chi connectivity index (χ0v) is 7.88. The molecule has 1 aliphatic carbocycles. The van der Waals surface area contributed by atoms with Crippen molar-refractivity contribution in [2.24, 2.45) is 11.7 Å². The molecule has 2 unspecified atom stereocenters. The molecule has 11 heavy (non-hydrogen) atoms. The van der Waals surface area contributed by atoms with Gasteiger partial charge in [-0.2, -0.15) is 0 Å². The van der Waals surface area contributed by atoms with Crippen LogP contribution in [0.1, 0.15) is 26.7 Å². The van der Waals surface area contributed by atoms with Crippen molar-refractivity contribution < 1.29 is 0 Å². The molecule has 2 heteroatoms. The number of nitrogens with two attached hydrogens (primary N) is 1. The van der Waals surface area contributed by atoms with Crippen LogP contribution in [0.3, 0.4) is 0 Å². The monoisotopic (exact) mass is 156 g/mol. The van der Waals surface area contributed by atoms with Crippen molar-refractivity contribution in [3.63, 3.8) is 0 Å². The number of rotatable bonds is 4. The van der Waals surface area contributed by atoms with Crippen LogP contribution in [0.5, 0.6) is 0 Å². The van der Waals surface area contributed by atoms with Crippen LogP contribution in [0.2, 0.25) is 0 Å². The Morgan fingerprint density at radius 1 is 1.45 bits per heavy atom. The largest absolute Gasteiger partial charge is 0.330 e. The van der Waals surface area contributed by atoms with E-state index in [9.17, 15) is 0 Å². The van der Waals surface area contributed by atoms with E-state index in [1.54, 1.807) is 0 Å². The van der Waals surface area contributed by atoms with Gasteiger partial charge < -0.3 is 10.6 Å². The first-order valence-electron chi connectivity index (χ1n) is 4.58. The van der Waals surface area contributed by atoms with Gasteiger partial charge in [0.25, 0.3) is 0 Å². The minimum absolute atomic E-state index is 0.626. The lowest BCUT2D eigenvalue weighted by Crippen LogP contribution is -2.38. The summed E-state index contributed by atoms with van der Waals surface area (Å²) >= 11 is 0. The Hall–Kier alpha value is -0.0800. The van der Waals surface area contributed by atoms with E-state index in [0.29, 0.717) is 12.0 Å². The average molecular weight is 156 g/mol. The van der Waals surface area contributed by atoms with E-state index in [4.69, 9.17) is 5.73 Å². The molecular weight excluding hydrogens is 136 g/mol. The standard InChI is InChI=1S/C9H20N2/c1-7(6-10)8(2)11(3)9-4-5-9/h7-9H,4-6,10H2,1-3H3. The topological polar surface area (TPSA) is 29.3 Å². The molecule has 2 nitrogen and oxygen atoms in total. The minimum Gasteiger partial charge on any atom is -0.330 e. The lowest BCUT2D eigenvalue weighted by molar-refractivity contribution is 0.193. The van der Waals surface area contributed by atoms with Gasteiger partial charge in [0.15, 0.2) is 0 Å². The fraction of sp³-hybridized carbons (Fsp3) is 1.00. The zero-order valence-electron chi connectivity index (χ0n) is 7.88. The molecular formula is C9H20N2. The van der Waals surface area contributed by atoms with Crippen LogP contribution >= 0.6 is 0 Å². The van der Waals surface area contributed by atoms with E-state index in [0.717, 1.165) is 12.6 Å². The summed E-state index contributed by atoms with van der Waals surface area (Å²) in [5, 5.41) is 0. The number of nitrogens with zero attached hydrogens (tertiary/aromatic N) is 1. The molecule has 1 aliphatic rings. The van der Waals surface area contributed by atoms with Crippen molar-refractivity contribution >= 4 is 0 Å². The van der Waals surface area contributed by atoms with Crippen molar-refractivity contribution in [2.75, 3.05) is 13.6 Å². The lowest BCUT2D eigenvalue weighted by atomic mass is 10.0. The van der Waals surface area contributed by atoms with Crippen molar-refractivity contribution in [2.45, 2.75) is 38.8 Å². The van der Waals surface area contributed by atoms with Gasteiger partial charge in [-0.1, -0.05) is 6.92 Å². The van der Waals surface area contributed by atoms with E-state index in [1.165, 1.54) is 12.8 Å². The van der Waals surface area contributed by atoms with Gasteiger partial charge >= 0.3 is 0 Å². The molecule has 0 aromatic carbocycles. The minimum atomic E-state index is 0.626. The second-order valence-electron chi connectivity index (χ2n) is 3.85. The lowest BCUT2D eigenvalue weighted by Gasteiger charge is -2.28. The van der Waals surface area contributed by atoms with Gasteiger partial charge in [0.2, 0.25) is 0 Å². The Morgan fingerprint density at radius 2 is 2.00 bits per heavy atom. The maximum absolute atomic E-state index is 5.60. The quantitative estimate of drug-likeness (QED) is 0.659. The van der Waals surface area contributed by atoms with Gasteiger partial charge in [0, 0.05) is 12.1 Å². The number of hydrogen-bond acceptors (Lipinski definition) is 2. The summed E-state index contributed by atoms with van der Waals surface area (Å²) in [5.74, 6) is 0.626. The molecule has 0 saturated heterocycles. The third-order valence-corrected chi connectivity index (χ3v) is 2.96. The molecule has 0 aromatic rings. The third-order valence-electron chi connectivity index (χ3n) is 2.96. The van der Waals surface area contributed by atoms with Crippen LogP contribution in [0, 0.1) is 5.92 Å². The maximum atomic E-state index is 5.60. The summed E-state index contributed by atoms with van der Waals surface area (Å²) in [4.78, 5) is 2.47. The Labute approximate surface area is 69.8 Å². The molecule has 0 amide bonds. The van der Waals surface area contributed by atoms with Crippen LogP contribution in [-0.2, 0) is 0 Å². The van der Waals surface area contributed by atoms with E-state index in [-0.39, 0.29) is 0 Å². The summed E-state index contributed by atoms with van der Waals surface area (Å²) < 4.78 is 0. The molecule has 1 rings (SSSR count). The van der Waals surface area contributed by atoms with Gasteiger partial charge in [-0.05, 0) is 39.3 Å². The third kappa shape index (κ3) is 2.17. The Kier molecular flexibility index (Phi) is 2.90. The molecule has 0 heterocycles. The predicted molar refractivity (Wildman–Crippen MR) is 48.5 cm³/mol. The fourth-order valence-corrected chi connectivity index (χ4v) is 1.41. The van der Waals surface area contributed by atoms with Crippen LogP contribution < -0.4 is 5.73 Å². The molecule has 1 fully saturated rings. The molecule has 0 bridgehead atoms. The van der Waals surface area contributed by atoms with E-state index in [1.807, 2.05) is 0 Å². The SMILES string of the molecule is CC(CN)C(C)N(C)C1CC1. The predicted octanol–water partition coefficient (Wildman–Crippen LogP) is 1.06. The van der Waals surface area contributed by atoms with Gasteiger partial charge in [-0.15, -0.1) is 0 Å². The van der Waals surface area contributed by atoms with Crippen molar-refractivity contribution in [1.82, 2.24) is 4.90 Å². The summed E-state index contributed by atoms with van der Waals surface area (Å²) in [6.07, 6.45) is 2.77. The fourth-order valence-electron chi connectivity index (χ4n) is 1.41. The van der Waals surface area contributed by atoms with Crippen LogP contribution in [0.25, 0.3) is 0 Å². The summed E-state index contributed by atoms with van der Waals surface area (Å²) in [7, 11) is 2.22. The second-order valence-corrected chi connectivity index (χ2v) is 3.85. The van der Waals surface area contributed by atoms with Crippen LogP contribution in [0.15, 0.2) is 0 Å². The first kappa shape index (κ1) is 9.01. The molecule has 0 aromatic heterocycles. The van der Waals surface area contributed by atoms with Gasteiger partial charge in [-0.3, -0.25) is 0 Å². The summed E-state index contributed by atoms with van der Waals surface area (Å²) in [6.45, 7) is 5.30. The van der Waals surface area contributed by atoms with E-state index >= 15 is 0 Å². The van der Waals surface area contributed by atoms with Gasteiger partial charge in [0.05, 0.1) is 0 Å².